The monoisotopic (exact) mass is 323 g/mol. The van der Waals surface area contributed by atoms with Crippen LogP contribution in [-0.4, -0.2) is 16.9 Å². The summed E-state index contributed by atoms with van der Waals surface area (Å²) in [6.07, 6.45) is 8.93. The highest BCUT2D eigenvalue weighted by molar-refractivity contribution is 5.95. The number of hydrogen-bond acceptors (Lipinski definition) is 3. The topological polar surface area (TPSA) is 54.0 Å². The minimum absolute atomic E-state index is 0.0291. The van der Waals surface area contributed by atoms with Gasteiger partial charge in [-0.25, -0.2) is 0 Å². The first-order valence-electron chi connectivity index (χ1n) is 8.79. The van der Waals surface area contributed by atoms with E-state index in [1.54, 1.807) is 12.4 Å². The first-order chi connectivity index (χ1) is 11.7. The molecule has 3 rings (SSSR count). The zero-order valence-electron chi connectivity index (χ0n) is 14.4. The molecule has 1 fully saturated rings. The third-order valence-corrected chi connectivity index (χ3v) is 4.70. The molecule has 4 heteroatoms. The molecule has 1 amide bonds. The van der Waals surface area contributed by atoms with E-state index in [2.05, 4.69) is 47.7 Å². The van der Waals surface area contributed by atoms with Gasteiger partial charge in [-0.2, -0.15) is 0 Å². The lowest BCUT2D eigenvalue weighted by molar-refractivity contribution is 0.0937. The lowest BCUT2D eigenvalue weighted by Gasteiger charge is -2.15. The van der Waals surface area contributed by atoms with E-state index in [4.69, 9.17) is 0 Å². The molecule has 4 nitrogen and oxygen atoms in total. The Morgan fingerprint density at radius 2 is 2.04 bits per heavy atom. The van der Waals surface area contributed by atoms with Crippen LogP contribution in [0, 0.1) is 6.92 Å². The molecule has 1 aromatic carbocycles. The summed E-state index contributed by atoms with van der Waals surface area (Å²) >= 11 is 0. The molecule has 0 radical (unpaired) electrons. The molecule has 24 heavy (non-hydrogen) atoms. The van der Waals surface area contributed by atoms with Crippen LogP contribution in [0.15, 0.2) is 36.7 Å². The number of carbonyl (C=O) groups is 1. The Hall–Kier alpha value is -2.36. The van der Waals surface area contributed by atoms with Crippen molar-refractivity contribution in [2.75, 3.05) is 5.32 Å². The van der Waals surface area contributed by atoms with Crippen LogP contribution in [-0.2, 0) is 6.42 Å². The van der Waals surface area contributed by atoms with Crippen molar-refractivity contribution in [1.82, 2.24) is 10.3 Å². The Bertz CT molecular complexity index is 721. The summed E-state index contributed by atoms with van der Waals surface area (Å²) < 4.78 is 0. The van der Waals surface area contributed by atoms with Crippen molar-refractivity contribution in [3.05, 3.63) is 53.3 Å². The zero-order chi connectivity index (χ0) is 16.9. The first kappa shape index (κ1) is 16.5. The first-order valence-corrected chi connectivity index (χ1v) is 8.79. The van der Waals surface area contributed by atoms with E-state index in [1.165, 1.54) is 24.0 Å². The van der Waals surface area contributed by atoms with Gasteiger partial charge in [0, 0.05) is 17.9 Å². The van der Waals surface area contributed by atoms with Crippen LogP contribution >= 0.6 is 0 Å². The smallest absolute Gasteiger partial charge is 0.253 e. The number of hydrogen-bond donors (Lipinski definition) is 2. The summed E-state index contributed by atoms with van der Waals surface area (Å²) in [5.41, 5.74) is 5.01. The maximum atomic E-state index is 12.4. The third kappa shape index (κ3) is 3.75. The second-order valence-corrected chi connectivity index (χ2v) is 6.50. The molecule has 1 aliphatic carbocycles. The number of amides is 1. The maximum absolute atomic E-state index is 12.4. The number of para-hydroxylation sites is 1. The highest BCUT2D eigenvalue weighted by Crippen LogP contribution is 2.25. The van der Waals surface area contributed by atoms with Crippen LogP contribution < -0.4 is 10.6 Å². The van der Waals surface area contributed by atoms with E-state index in [-0.39, 0.29) is 5.91 Å². The Morgan fingerprint density at radius 1 is 1.25 bits per heavy atom. The molecule has 1 heterocycles. The summed E-state index contributed by atoms with van der Waals surface area (Å²) in [6.45, 7) is 4.23. The average molecular weight is 323 g/mol. The molecular formula is C20H25N3O. The minimum Gasteiger partial charge on any atom is -0.354 e. The van der Waals surface area contributed by atoms with Crippen molar-refractivity contribution in [3.63, 3.8) is 0 Å². The second-order valence-electron chi connectivity index (χ2n) is 6.50. The molecule has 2 aromatic rings. The standard InChI is InChI=1S/C20H25N3O/c1-3-15-8-6-7-14(2)19(15)22-18-11-16(12-21-13-18)20(24)23-17-9-4-5-10-17/h6-8,11-13,17,22H,3-5,9-10H2,1-2H3,(H,23,24). The van der Waals surface area contributed by atoms with Crippen LogP contribution in [0.25, 0.3) is 0 Å². The van der Waals surface area contributed by atoms with Gasteiger partial charge in [0.05, 0.1) is 17.4 Å². The fourth-order valence-corrected chi connectivity index (χ4v) is 3.32. The normalized spacial score (nSPS) is 14.6. The number of nitrogens with zero attached hydrogens (tertiary/aromatic N) is 1. The summed E-state index contributed by atoms with van der Waals surface area (Å²) in [4.78, 5) is 16.7. The van der Waals surface area contributed by atoms with Gasteiger partial charge in [0.2, 0.25) is 0 Å². The molecule has 1 aliphatic rings. The third-order valence-electron chi connectivity index (χ3n) is 4.70. The molecule has 0 bridgehead atoms. The molecule has 0 atom stereocenters. The Balaban J connectivity index is 1.77. The van der Waals surface area contributed by atoms with Crippen LogP contribution in [0.2, 0.25) is 0 Å². The average Bonchev–Trinajstić information content (AvgIpc) is 3.10. The van der Waals surface area contributed by atoms with Crippen molar-refractivity contribution in [2.24, 2.45) is 0 Å². The zero-order valence-corrected chi connectivity index (χ0v) is 14.4. The molecule has 0 spiro atoms. The van der Waals surface area contributed by atoms with Gasteiger partial charge in [-0.1, -0.05) is 38.0 Å². The van der Waals surface area contributed by atoms with Crippen LogP contribution in [0.1, 0.15) is 54.1 Å². The maximum Gasteiger partial charge on any atom is 0.253 e. The van der Waals surface area contributed by atoms with Crippen molar-refractivity contribution in [3.8, 4) is 0 Å². The number of benzene rings is 1. The van der Waals surface area contributed by atoms with Crippen molar-refractivity contribution in [2.45, 2.75) is 52.0 Å². The van der Waals surface area contributed by atoms with Gasteiger partial charge in [0.15, 0.2) is 0 Å². The van der Waals surface area contributed by atoms with E-state index in [1.807, 2.05) is 6.07 Å². The highest BCUT2D eigenvalue weighted by Gasteiger charge is 2.18. The molecular weight excluding hydrogens is 298 g/mol. The molecule has 0 unspecified atom stereocenters. The number of rotatable bonds is 5. The molecule has 126 valence electrons. The molecule has 2 N–H and O–H groups in total. The van der Waals surface area contributed by atoms with Crippen molar-refractivity contribution >= 4 is 17.3 Å². The molecule has 1 saturated carbocycles. The largest absolute Gasteiger partial charge is 0.354 e. The number of carbonyl (C=O) groups excluding carboxylic acids is 1. The number of pyridine rings is 1. The lowest BCUT2D eigenvalue weighted by atomic mass is 10.1. The molecule has 0 aliphatic heterocycles. The number of aryl methyl sites for hydroxylation is 2. The second kappa shape index (κ2) is 7.47. The van der Waals surface area contributed by atoms with Gasteiger partial charge in [0.25, 0.3) is 5.91 Å². The summed E-state index contributed by atoms with van der Waals surface area (Å²) in [6, 6.07) is 8.48. The quantitative estimate of drug-likeness (QED) is 0.859. The summed E-state index contributed by atoms with van der Waals surface area (Å²) in [7, 11) is 0. The molecule has 1 aromatic heterocycles. The van der Waals surface area contributed by atoms with Crippen LogP contribution in [0.5, 0.6) is 0 Å². The fraction of sp³-hybridized carbons (Fsp3) is 0.400. The van der Waals surface area contributed by atoms with E-state index >= 15 is 0 Å². The Labute approximate surface area is 143 Å². The predicted molar refractivity (Wildman–Crippen MR) is 97.8 cm³/mol. The van der Waals surface area contributed by atoms with E-state index in [9.17, 15) is 4.79 Å². The summed E-state index contributed by atoms with van der Waals surface area (Å²) in [5.74, 6) is -0.0291. The fourth-order valence-electron chi connectivity index (χ4n) is 3.32. The van der Waals surface area contributed by atoms with Crippen molar-refractivity contribution in [1.29, 1.82) is 0 Å². The van der Waals surface area contributed by atoms with Crippen LogP contribution in [0.4, 0.5) is 11.4 Å². The van der Waals surface area contributed by atoms with Gasteiger partial charge in [-0.05, 0) is 43.4 Å². The number of aromatic nitrogens is 1. The number of anilines is 2. The van der Waals surface area contributed by atoms with E-state index < -0.39 is 0 Å². The highest BCUT2D eigenvalue weighted by atomic mass is 16.1. The van der Waals surface area contributed by atoms with Crippen LogP contribution in [0.3, 0.4) is 0 Å². The van der Waals surface area contributed by atoms with Gasteiger partial charge in [-0.15, -0.1) is 0 Å². The number of nitrogens with one attached hydrogen (secondary N) is 2. The molecule has 0 saturated heterocycles. The van der Waals surface area contributed by atoms with Crippen molar-refractivity contribution < 1.29 is 4.79 Å². The van der Waals surface area contributed by atoms with Gasteiger partial charge in [-0.3, -0.25) is 9.78 Å². The predicted octanol–water partition coefficient (Wildman–Crippen LogP) is 4.37. The van der Waals surface area contributed by atoms with E-state index in [0.29, 0.717) is 11.6 Å². The van der Waals surface area contributed by atoms with Gasteiger partial charge >= 0.3 is 0 Å². The lowest BCUT2D eigenvalue weighted by Crippen LogP contribution is -2.32. The minimum atomic E-state index is -0.0291. The van der Waals surface area contributed by atoms with Gasteiger partial charge in [0.1, 0.15) is 0 Å². The summed E-state index contributed by atoms with van der Waals surface area (Å²) in [5, 5.41) is 6.55. The van der Waals surface area contributed by atoms with E-state index in [0.717, 1.165) is 30.6 Å². The Kier molecular flexibility index (Phi) is 5.14. The van der Waals surface area contributed by atoms with Gasteiger partial charge < -0.3 is 10.6 Å². The Morgan fingerprint density at radius 3 is 2.79 bits per heavy atom. The SMILES string of the molecule is CCc1cccc(C)c1Nc1cncc(C(=O)NC2CCCC2)c1.